The van der Waals surface area contributed by atoms with Gasteiger partial charge in [0.05, 0.1) is 11.5 Å². The van der Waals surface area contributed by atoms with Crippen molar-refractivity contribution in [1.82, 2.24) is 5.32 Å². The highest BCUT2D eigenvalue weighted by atomic mass is 16.6. The van der Waals surface area contributed by atoms with E-state index in [0.717, 1.165) is 18.2 Å². The van der Waals surface area contributed by atoms with Crippen molar-refractivity contribution in [2.24, 2.45) is 0 Å². The van der Waals surface area contributed by atoms with Crippen LogP contribution >= 0.6 is 0 Å². The lowest BCUT2D eigenvalue weighted by molar-refractivity contribution is -0.384. The maximum absolute atomic E-state index is 11.8. The summed E-state index contributed by atoms with van der Waals surface area (Å²) in [4.78, 5) is 32.0. The molecule has 1 aromatic rings. The molecule has 1 amide bonds. The number of benzene rings is 1. The average molecular weight is 312 g/mol. The van der Waals surface area contributed by atoms with E-state index < -0.39 is 36.2 Å². The molecular weight excluding hydrogens is 299 g/mol. The molecule has 0 radical (unpaired) electrons. The molecule has 0 saturated carbocycles. The second kappa shape index (κ2) is 8.07. The molecule has 22 heavy (non-hydrogen) atoms. The summed E-state index contributed by atoms with van der Waals surface area (Å²) in [5.74, 6) is -1.84. The largest absolute Gasteiger partial charge is 0.488 e. The van der Waals surface area contributed by atoms with Crippen molar-refractivity contribution in [2.45, 2.75) is 0 Å². The van der Waals surface area contributed by atoms with E-state index in [0.29, 0.717) is 0 Å². The van der Waals surface area contributed by atoms with Crippen LogP contribution in [0.15, 0.2) is 18.2 Å². The predicted octanol–water partition coefficient (Wildman–Crippen LogP) is -1.89. The van der Waals surface area contributed by atoms with Crippen molar-refractivity contribution in [3.8, 4) is 0 Å². The van der Waals surface area contributed by atoms with Crippen molar-refractivity contribution >= 4 is 30.1 Å². The van der Waals surface area contributed by atoms with Gasteiger partial charge in [-0.25, -0.2) is 4.79 Å². The molecule has 0 bridgehead atoms. The van der Waals surface area contributed by atoms with Crippen LogP contribution in [-0.4, -0.2) is 58.8 Å². The van der Waals surface area contributed by atoms with Crippen LogP contribution in [-0.2, 0) is 9.53 Å². The van der Waals surface area contributed by atoms with Gasteiger partial charge in [0.25, 0.3) is 11.6 Å². The number of carboxylic acids is 1. The van der Waals surface area contributed by atoms with E-state index in [1.165, 1.54) is 0 Å². The van der Waals surface area contributed by atoms with Crippen LogP contribution in [0.5, 0.6) is 0 Å². The summed E-state index contributed by atoms with van der Waals surface area (Å²) in [5.41, 5.74) is -0.783. The van der Waals surface area contributed by atoms with Crippen LogP contribution in [0.2, 0.25) is 0 Å². The zero-order valence-electron chi connectivity index (χ0n) is 11.3. The maximum atomic E-state index is 11.8. The Balaban J connectivity index is 2.71. The summed E-state index contributed by atoms with van der Waals surface area (Å²) in [6, 6.07) is 3.03. The Labute approximate surface area is 124 Å². The average Bonchev–Trinajstić information content (AvgIpc) is 2.45. The Hall–Kier alpha value is -2.50. The van der Waals surface area contributed by atoms with Gasteiger partial charge in [-0.05, 0) is 11.5 Å². The number of ether oxygens (including phenoxy) is 1. The maximum Gasteiger partial charge on any atom is 0.488 e. The zero-order chi connectivity index (χ0) is 16.7. The van der Waals surface area contributed by atoms with Crippen molar-refractivity contribution in [1.29, 1.82) is 0 Å². The molecule has 10 nitrogen and oxygen atoms in total. The van der Waals surface area contributed by atoms with Gasteiger partial charge in [-0.1, -0.05) is 0 Å². The van der Waals surface area contributed by atoms with E-state index in [9.17, 15) is 19.7 Å². The molecule has 0 fully saturated rings. The fourth-order valence-corrected chi connectivity index (χ4v) is 1.52. The molecule has 1 aromatic carbocycles. The minimum atomic E-state index is -1.95. The number of hydrogen-bond donors (Lipinski definition) is 4. The molecule has 4 N–H and O–H groups in total. The summed E-state index contributed by atoms with van der Waals surface area (Å²) < 4.78 is 4.70. The minimum absolute atomic E-state index is 0.00812. The molecule has 0 aromatic heterocycles. The third-order valence-electron chi connectivity index (χ3n) is 2.47. The zero-order valence-corrected chi connectivity index (χ0v) is 11.3. The Morgan fingerprint density at radius 1 is 1.32 bits per heavy atom. The summed E-state index contributed by atoms with van der Waals surface area (Å²) >= 11 is 0. The number of nitrogens with one attached hydrogen (secondary N) is 1. The first kappa shape index (κ1) is 17.6. The van der Waals surface area contributed by atoms with Gasteiger partial charge in [-0.15, -0.1) is 0 Å². The summed E-state index contributed by atoms with van der Waals surface area (Å²) in [7, 11) is -1.95. The van der Waals surface area contributed by atoms with Gasteiger partial charge in [0.15, 0.2) is 0 Å². The molecule has 118 valence electrons. The molecule has 11 heteroatoms. The van der Waals surface area contributed by atoms with Crippen LogP contribution in [0.4, 0.5) is 5.69 Å². The monoisotopic (exact) mass is 312 g/mol. The number of non-ortho nitro benzene ring substituents is 1. The van der Waals surface area contributed by atoms with E-state index >= 15 is 0 Å². The number of aliphatic carboxylic acids is 1. The molecule has 0 heterocycles. The quantitative estimate of drug-likeness (QED) is 0.187. The molecule has 1 rings (SSSR count). The molecule has 0 aliphatic rings. The topological polar surface area (TPSA) is 159 Å². The second-order valence-corrected chi connectivity index (χ2v) is 4.15. The lowest BCUT2D eigenvalue weighted by atomic mass is 9.79. The highest BCUT2D eigenvalue weighted by molar-refractivity contribution is 6.58. The van der Waals surface area contributed by atoms with E-state index in [1.54, 1.807) is 0 Å². The number of rotatable bonds is 8. The van der Waals surface area contributed by atoms with Crippen LogP contribution in [0, 0.1) is 10.1 Å². The van der Waals surface area contributed by atoms with E-state index in [-0.39, 0.29) is 24.2 Å². The van der Waals surface area contributed by atoms with Gasteiger partial charge >= 0.3 is 13.1 Å². The summed E-state index contributed by atoms with van der Waals surface area (Å²) in [5, 5.41) is 39.6. The highest BCUT2D eigenvalue weighted by Gasteiger charge is 2.20. The minimum Gasteiger partial charge on any atom is -0.480 e. The lowest BCUT2D eigenvalue weighted by Gasteiger charge is -2.07. The molecule has 0 aliphatic heterocycles. The number of nitrogens with zero attached hydrogens (tertiary/aromatic N) is 1. The Kier molecular flexibility index (Phi) is 6.44. The molecular formula is C11H13BN2O8. The third kappa shape index (κ3) is 5.48. The standard InChI is InChI=1S/C11H13BN2O8/c15-10(16)6-22-2-1-13-11(17)7-3-8(12(18)19)5-9(4-7)14(20)21/h3-5,18-19H,1-2,6H2,(H,13,17)(H,15,16). The van der Waals surface area contributed by atoms with Crippen molar-refractivity contribution in [3.63, 3.8) is 0 Å². The fraction of sp³-hybridized carbons (Fsp3) is 0.273. The van der Waals surface area contributed by atoms with Crippen molar-refractivity contribution in [3.05, 3.63) is 33.9 Å². The number of nitro benzene ring substituents is 1. The fourth-order valence-electron chi connectivity index (χ4n) is 1.52. The second-order valence-electron chi connectivity index (χ2n) is 4.15. The molecule has 0 aliphatic carbocycles. The first-order chi connectivity index (χ1) is 10.3. The summed E-state index contributed by atoms with van der Waals surface area (Å²) in [6.07, 6.45) is 0. The van der Waals surface area contributed by atoms with Crippen LogP contribution in [0.3, 0.4) is 0 Å². The molecule has 0 unspecified atom stereocenters. The summed E-state index contributed by atoms with van der Waals surface area (Å²) in [6.45, 7) is -0.568. The van der Waals surface area contributed by atoms with Crippen LogP contribution in [0.1, 0.15) is 10.4 Å². The number of hydrogen-bond acceptors (Lipinski definition) is 7. The molecule has 0 saturated heterocycles. The Morgan fingerprint density at radius 2 is 2.00 bits per heavy atom. The van der Waals surface area contributed by atoms with Gasteiger partial charge in [0.1, 0.15) is 6.61 Å². The first-order valence-electron chi connectivity index (χ1n) is 6.04. The number of carbonyl (C=O) groups is 2. The van der Waals surface area contributed by atoms with E-state index in [2.05, 4.69) is 5.32 Å². The predicted molar refractivity (Wildman–Crippen MR) is 73.7 cm³/mol. The highest BCUT2D eigenvalue weighted by Crippen LogP contribution is 2.12. The first-order valence-corrected chi connectivity index (χ1v) is 6.04. The van der Waals surface area contributed by atoms with E-state index in [1.807, 2.05) is 0 Å². The van der Waals surface area contributed by atoms with Gasteiger partial charge in [-0.3, -0.25) is 14.9 Å². The molecule has 0 spiro atoms. The smallest absolute Gasteiger partial charge is 0.480 e. The SMILES string of the molecule is O=C(O)COCCNC(=O)c1cc(B(O)O)cc([N+](=O)[O-])c1. The van der Waals surface area contributed by atoms with Gasteiger partial charge < -0.3 is 25.2 Å². The Bertz CT molecular complexity index is 577. The number of carbonyl (C=O) groups excluding carboxylic acids is 1. The molecule has 0 atom stereocenters. The number of nitro groups is 1. The Morgan fingerprint density at radius 3 is 2.55 bits per heavy atom. The number of amides is 1. The van der Waals surface area contributed by atoms with Gasteiger partial charge in [0.2, 0.25) is 0 Å². The van der Waals surface area contributed by atoms with Gasteiger partial charge in [-0.2, -0.15) is 0 Å². The van der Waals surface area contributed by atoms with Crippen LogP contribution < -0.4 is 10.8 Å². The van der Waals surface area contributed by atoms with Crippen molar-refractivity contribution < 1.29 is 34.4 Å². The normalized spacial score (nSPS) is 10.1. The third-order valence-corrected chi connectivity index (χ3v) is 2.47. The van der Waals surface area contributed by atoms with E-state index in [4.69, 9.17) is 19.9 Å². The lowest BCUT2D eigenvalue weighted by Crippen LogP contribution is -2.33. The van der Waals surface area contributed by atoms with Gasteiger partial charge in [0, 0.05) is 24.2 Å². The number of carboxylic acid groups (broad SMARTS) is 1. The van der Waals surface area contributed by atoms with Crippen LogP contribution in [0.25, 0.3) is 0 Å². The van der Waals surface area contributed by atoms with Crippen molar-refractivity contribution in [2.75, 3.05) is 19.8 Å².